The van der Waals surface area contributed by atoms with Crippen molar-refractivity contribution >= 4 is 17.6 Å². The van der Waals surface area contributed by atoms with Crippen LogP contribution < -0.4 is 14.8 Å². The van der Waals surface area contributed by atoms with E-state index in [0.717, 1.165) is 25.0 Å². The Bertz CT molecular complexity index is 1420. The summed E-state index contributed by atoms with van der Waals surface area (Å²) in [6.07, 6.45) is -2.06. The molecule has 1 atom stereocenters. The summed E-state index contributed by atoms with van der Waals surface area (Å²) < 4.78 is 55.5. The van der Waals surface area contributed by atoms with Crippen molar-refractivity contribution in [2.75, 3.05) is 11.9 Å². The maximum Gasteiger partial charge on any atom is 0.416 e. The first-order chi connectivity index (χ1) is 19.3. The topological polar surface area (TPSA) is 99.6 Å². The second kappa shape index (κ2) is 11.8. The zero-order valence-electron chi connectivity index (χ0n) is 23.5. The number of rotatable bonds is 10. The van der Waals surface area contributed by atoms with Crippen molar-refractivity contribution in [3.8, 4) is 22.9 Å². The predicted octanol–water partition coefficient (Wildman–Crippen LogP) is 6.47. The monoisotopic (exact) mass is 571 g/mol. The Hall–Kier alpha value is -4.15. The van der Waals surface area contributed by atoms with E-state index in [0.29, 0.717) is 34.0 Å². The van der Waals surface area contributed by atoms with E-state index >= 15 is 0 Å². The summed E-state index contributed by atoms with van der Waals surface area (Å²) in [5, 5.41) is 2.83. The van der Waals surface area contributed by atoms with E-state index in [1.165, 1.54) is 18.3 Å². The average Bonchev–Trinajstić information content (AvgIpc) is 3.75. The van der Waals surface area contributed by atoms with Crippen LogP contribution in [0.3, 0.4) is 0 Å². The fraction of sp³-hybridized carbons (Fsp3) is 0.400. The second-order valence-electron chi connectivity index (χ2n) is 10.4. The number of hydrogen-bond acceptors (Lipinski definition) is 7. The van der Waals surface area contributed by atoms with Crippen molar-refractivity contribution in [1.82, 2.24) is 9.97 Å². The molecule has 4 rings (SSSR count). The van der Waals surface area contributed by atoms with Crippen molar-refractivity contribution in [3.63, 3.8) is 0 Å². The number of nitrogens with one attached hydrogen (secondary N) is 1. The van der Waals surface area contributed by atoms with Gasteiger partial charge in [0.1, 0.15) is 11.5 Å². The minimum Gasteiger partial charge on any atom is -0.481 e. The molecule has 0 saturated heterocycles. The molecule has 0 spiro atoms. The number of carbonyl (C=O) groups is 2. The third-order valence-corrected chi connectivity index (χ3v) is 6.47. The Morgan fingerprint density at radius 1 is 1.10 bits per heavy atom. The van der Waals surface area contributed by atoms with Gasteiger partial charge in [-0.3, -0.25) is 4.79 Å². The van der Waals surface area contributed by atoms with E-state index in [1.807, 2.05) is 0 Å². The molecule has 0 radical (unpaired) electrons. The predicted molar refractivity (Wildman–Crippen MR) is 146 cm³/mol. The molecule has 1 amide bonds. The lowest BCUT2D eigenvalue weighted by Gasteiger charge is -2.25. The van der Waals surface area contributed by atoms with Crippen LogP contribution >= 0.6 is 0 Å². The number of hydrogen-bond donors (Lipinski definition) is 1. The van der Waals surface area contributed by atoms with Gasteiger partial charge >= 0.3 is 12.1 Å². The van der Waals surface area contributed by atoms with Gasteiger partial charge in [0.15, 0.2) is 17.5 Å². The number of benzene rings is 2. The molecule has 41 heavy (non-hydrogen) atoms. The van der Waals surface area contributed by atoms with Gasteiger partial charge in [0, 0.05) is 11.5 Å². The normalized spacial score (nSPS) is 14.2. The van der Waals surface area contributed by atoms with E-state index < -0.39 is 35.3 Å². The minimum atomic E-state index is -4.43. The molecule has 2 aromatic carbocycles. The summed E-state index contributed by atoms with van der Waals surface area (Å²) in [5.41, 5.74) is 0.291. The lowest BCUT2D eigenvalue weighted by Crippen LogP contribution is -2.39. The highest BCUT2D eigenvalue weighted by molar-refractivity contribution is 5.94. The van der Waals surface area contributed by atoms with Crippen LogP contribution in [0.15, 0.2) is 48.7 Å². The van der Waals surface area contributed by atoms with Crippen molar-refractivity contribution < 1.29 is 37.0 Å². The van der Waals surface area contributed by atoms with Gasteiger partial charge in [-0.1, -0.05) is 12.1 Å². The highest BCUT2D eigenvalue weighted by Gasteiger charge is 2.33. The number of ether oxygens (including phenoxy) is 3. The van der Waals surface area contributed by atoms with Gasteiger partial charge in [-0.15, -0.1) is 0 Å². The van der Waals surface area contributed by atoms with Gasteiger partial charge in [0.05, 0.1) is 29.7 Å². The fourth-order valence-corrected chi connectivity index (χ4v) is 4.03. The first-order valence-electron chi connectivity index (χ1n) is 13.3. The molecule has 1 aromatic heterocycles. The Balaban J connectivity index is 1.43. The average molecular weight is 572 g/mol. The number of esters is 1. The fourth-order valence-electron chi connectivity index (χ4n) is 4.03. The zero-order valence-corrected chi connectivity index (χ0v) is 23.5. The molecule has 1 N–H and O–H groups in total. The van der Waals surface area contributed by atoms with Crippen LogP contribution in [0.1, 0.15) is 63.3 Å². The maximum atomic E-state index is 13.0. The summed E-state index contributed by atoms with van der Waals surface area (Å²) in [6, 6.07) is 9.66. The van der Waals surface area contributed by atoms with Crippen LogP contribution in [0.2, 0.25) is 0 Å². The van der Waals surface area contributed by atoms with Gasteiger partial charge in [-0.25, -0.2) is 14.8 Å². The standard InChI is InChI=1S/C30H32F3N3O5/c1-6-39-28(38)29(4,5)41-24-14-13-22(15-17(24)2)40-18(3)27(37)35-23-16-34-26(36-25(23)19-7-8-19)20-9-11-21(12-10-20)30(31,32)33/h9-16,18-19H,6-8H2,1-5H3,(H,35,37). The third-order valence-electron chi connectivity index (χ3n) is 6.47. The lowest BCUT2D eigenvalue weighted by atomic mass is 10.1. The van der Waals surface area contributed by atoms with Crippen molar-refractivity contribution in [2.45, 2.75) is 71.3 Å². The number of aryl methyl sites for hydroxylation is 1. The van der Waals surface area contributed by atoms with Gasteiger partial charge in [0.25, 0.3) is 5.91 Å². The summed E-state index contributed by atoms with van der Waals surface area (Å²) >= 11 is 0. The molecule has 1 aliphatic rings. The molecule has 0 aliphatic heterocycles. The van der Waals surface area contributed by atoms with Crippen LogP contribution in [0.25, 0.3) is 11.4 Å². The van der Waals surface area contributed by atoms with E-state index in [4.69, 9.17) is 14.2 Å². The van der Waals surface area contributed by atoms with Crippen LogP contribution in [-0.4, -0.2) is 40.2 Å². The zero-order chi connectivity index (χ0) is 29.9. The molecule has 1 unspecified atom stereocenters. The molecule has 1 heterocycles. The van der Waals surface area contributed by atoms with Crippen molar-refractivity contribution in [1.29, 1.82) is 0 Å². The summed E-state index contributed by atoms with van der Waals surface area (Å²) in [6.45, 7) is 8.61. The molecule has 0 bridgehead atoms. The molecule has 218 valence electrons. The van der Waals surface area contributed by atoms with Crippen LogP contribution in [0, 0.1) is 6.92 Å². The van der Waals surface area contributed by atoms with Gasteiger partial charge in [0.2, 0.25) is 0 Å². The molecule has 1 saturated carbocycles. The molecule has 11 heteroatoms. The van der Waals surface area contributed by atoms with E-state index in [2.05, 4.69) is 15.3 Å². The number of alkyl halides is 3. The third kappa shape index (κ3) is 7.33. The number of halogens is 3. The summed E-state index contributed by atoms with van der Waals surface area (Å²) in [5.74, 6) is 0.430. The number of aromatic nitrogens is 2. The van der Waals surface area contributed by atoms with Crippen LogP contribution in [-0.2, 0) is 20.5 Å². The van der Waals surface area contributed by atoms with Gasteiger partial charge < -0.3 is 19.5 Å². The molecule has 8 nitrogen and oxygen atoms in total. The van der Waals surface area contributed by atoms with Crippen LogP contribution in [0.4, 0.5) is 18.9 Å². The van der Waals surface area contributed by atoms with Crippen molar-refractivity contribution in [3.05, 3.63) is 65.5 Å². The Morgan fingerprint density at radius 2 is 1.78 bits per heavy atom. The number of anilines is 1. The Morgan fingerprint density at radius 3 is 2.37 bits per heavy atom. The van der Waals surface area contributed by atoms with E-state index in [1.54, 1.807) is 52.8 Å². The SMILES string of the molecule is CCOC(=O)C(C)(C)Oc1ccc(OC(C)C(=O)Nc2cnc(-c3ccc(C(F)(F)F)cc3)nc2C2CC2)cc1C. The van der Waals surface area contributed by atoms with E-state index in [9.17, 15) is 22.8 Å². The summed E-state index contributed by atoms with van der Waals surface area (Å²) in [4.78, 5) is 34.0. The smallest absolute Gasteiger partial charge is 0.416 e. The number of carbonyl (C=O) groups excluding carboxylic acids is 2. The summed E-state index contributed by atoms with van der Waals surface area (Å²) in [7, 11) is 0. The molecule has 1 aliphatic carbocycles. The quantitative estimate of drug-likeness (QED) is 0.278. The number of nitrogens with zero attached hydrogens (tertiary/aromatic N) is 2. The molecule has 3 aromatic rings. The Kier molecular flexibility index (Phi) is 8.55. The second-order valence-corrected chi connectivity index (χ2v) is 10.4. The number of amides is 1. The van der Waals surface area contributed by atoms with Crippen molar-refractivity contribution in [2.24, 2.45) is 0 Å². The Labute approximate surface area is 236 Å². The van der Waals surface area contributed by atoms with Crippen LogP contribution in [0.5, 0.6) is 11.5 Å². The highest BCUT2D eigenvalue weighted by Crippen LogP contribution is 2.43. The first-order valence-corrected chi connectivity index (χ1v) is 13.3. The van der Waals surface area contributed by atoms with Gasteiger partial charge in [-0.05, 0) is 83.4 Å². The van der Waals surface area contributed by atoms with Gasteiger partial charge in [-0.2, -0.15) is 13.2 Å². The first kappa shape index (κ1) is 29.8. The lowest BCUT2D eigenvalue weighted by molar-refractivity contribution is -0.158. The molecular weight excluding hydrogens is 539 g/mol. The molecular formula is C30H32F3N3O5. The van der Waals surface area contributed by atoms with E-state index in [-0.39, 0.29) is 18.3 Å². The molecule has 1 fully saturated rings. The largest absolute Gasteiger partial charge is 0.481 e. The minimum absolute atomic E-state index is 0.131. The highest BCUT2D eigenvalue weighted by atomic mass is 19.4. The maximum absolute atomic E-state index is 13.0.